The van der Waals surface area contributed by atoms with Crippen LogP contribution in [0.15, 0.2) is 12.4 Å². The van der Waals surface area contributed by atoms with Crippen molar-refractivity contribution in [3.05, 3.63) is 18.2 Å². The van der Waals surface area contributed by atoms with E-state index in [0.29, 0.717) is 12.5 Å². The maximum Gasteiger partial charge on any atom is 0.317 e. The highest BCUT2D eigenvalue weighted by molar-refractivity contribution is 5.74. The number of urea groups is 1. The molecule has 1 fully saturated rings. The average molecular weight is 306 g/mol. The molecule has 1 aliphatic heterocycles. The van der Waals surface area contributed by atoms with E-state index in [4.69, 9.17) is 0 Å². The normalized spacial score (nSPS) is 17.8. The molecule has 2 heterocycles. The van der Waals surface area contributed by atoms with Gasteiger partial charge in [0.25, 0.3) is 0 Å². The summed E-state index contributed by atoms with van der Waals surface area (Å²) in [6, 6.07) is 0.0939. The summed E-state index contributed by atoms with van der Waals surface area (Å²) in [5, 5.41) is 3.08. The van der Waals surface area contributed by atoms with Crippen LogP contribution in [0.1, 0.15) is 39.4 Å². The quantitative estimate of drug-likeness (QED) is 0.909. The number of aromatic nitrogens is 2. The third-order valence-corrected chi connectivity index (χ3v) is 4.80. The number of nitrogens with one attached hydrogen (secondary N) is 1. The lowest BCUT2D eigenvalue weighted by Crippen LogP contribution is -2.46. The summed E-state index contributed by atoms with van der Waals surface area (Å²) in [5.74, 6) is 2.91. The molecule has 0 spiro atoms. The van der Waals surface area contributed by atoms with Crippen molar-refractivity contribution < 1.29 is 4.79 Å². The molecule has 1 aromatic heterocycles. The highest BCUT2D eigenvalue weighted by Crippen LogP contribution is 2.24. The van der Waals surface area contributed by atoms with Crippen LogP contribution in [0.4, 0.5) is 4.79 Å². The summed E-state index contributed by atoms with van der Waals surface area (Å²) in [5.41, 5.74) is 0. The van der Waals surface area contributed by atoms with Gasteiger partial charge in [-0.1, -0.05) is 20.8 Å². The number of carbonyl (C=O) groups excluding carboxylic acids is 1. The molecule has 124 valence electrons. The molecule has 0 aromatic carbocycles. The summed E-state index contributed by atoms with van der Waals surface area (Å²) >= 11 is 0. The molecule has 0 saturated carbocycles. The predicted molar refractivity (Wildman–Crippen MR) is 88.7 cm³/mol. The second-order valence-corrected chi connectivity index (χ2v) is 6.99. The molecule has 0 radical (unpaired) electrons. The number of hydrogen-bond donors (Lipinski definition) is 1. The summed E-state index contributed by atoms with van der Waals surface area (Å²) in [4.78, 5) is 18.4. The van der Waals surface area contributed by atoms with Crippen molar-refractivity contribution in [3.63, 3.8) is 0 Å². The molecular formula is C17H30N4O. The van der Waals surface area contributed by atoms with Gasteiger partial charge in [0.1, 0.15) is 5.82 Å². The van der Waals surface area contributed by atoms with Gasteiger partial charge in [0, 0.05) is 38.6 Å². The van der Waals surface area contributed by atoms with E-state index in [0.717, 1.165) is 50.1 Å². The standard InChI is InChI=1S/C17H30N4O/c1-13(2)16-5-8-20(9-6-16)17(22)19-11-14(3)12-21-10-7-18-15(21)4/h7,10,13-14,16H,5-6,8-9,11-12H2,1-4H3,(H,19,22)/t14-/m0/s1. The van der Waals surface area contributed by atoms with Crippen molar-refractivity contribution in [2.45, 2.75) is 47.1 Å². The molecule has 0 aliphatic carbocycles. The van der Waals surface area contributed by atoms with Gasteiger partial charge in [0.05, 0.1) is 0 Å². The fourth-order valence-electron chi connectivity index (χ4n) is 3.14. The van der Waals surface area contributed by atoms with Crippen LogP contribution in [-0.2, 0) is 6.54 Å². The number of likely N-dealkylation sites (tertiary alicyclic amines) is 1. The third kappa shape index (κ3) is 4.49. The Morgan fingerprint density at radius 3 is 2.59 bits per heavy atom. The Balaban J connectivity index is 1.70. The van der Waals surface area contributed by atoms with E-state index in [1.807, 2.05) is 24.2 Å². The first kappa shape index (κ1) is 16.8. The largest absolute Gasteiger partial charge is 0.338 e. The van der Waals surface area contributed by atoms with Gasteiger partial charge in [-0.3, -0.25) is 0 Å². The zero-order valence-corrected chi connectivity index (χ0v) is 14.4. The van der Waals surface area contributed by atoms with Gasteiger partial charge in [-0.15, -0.1) is 0 Å². The Morgan fingerprint density at radius 1 is 1.36 bits per heavy atom. The third-order valence-electron chi connectivity index (χ3n) is 4.80. The minimum Gasteiger partial charge on any atom is -0.338 e. The predicted octanol–water partition coefficient (Wildman–Crippen LogP) is 2.91. The molecule has 2 amide bonds. The van der Waals surface area contributed by atoms with Crippen molar-refractivity contribution >= 4 is 6.03 Å². The maximum atomic E-state index is 12.2. The number of amides is 2. The first-order valence-corrected chi connectivity index (χ1v) is 8.48. The number of piperidine rings is 1. The van der Waals surface area contributed by atoms with Crippen molar-refractivity contribution in [2.24, 2.45) is 17.8 Å². The highest BCUT2D eigenvalue weighted by Gasteiger charge is 2.24. The zero-order chi connectivity index (χ0) is 16.1. The molecule has 0 unspecified atom stereocenters. The number of rotatable bonds is 5. The second-order valence-electron chi connectivity index (χ2n) is 6.99. The average Bonchev–Trinajstić information content (AvgIpc) is 2.90. The molecule has 1 aliphatic rings. The van der Waals surface area contributed by atoms with E-state index in [2.05, 4.69) is 35.6 Å². The highest BCUT2D eigenvalue weighted by atomic mass is 16.2. The number of carbonyl (C=O) groups is 1. The van der Waals surface area contributed by atoms with Gasteiger partial charge in [0.2, 0.25) is 0 Å². The molecule has 1 atom stereocenters. The zero-order valence-electron chi connectivity index (χ0n) is 14.4. The Kier molecular flexibility index (Phi) is 5.86. The molecule has 5 heteroatoms. The summed E-state index contributed by atoms with van der Waals surface area (Å²) in [6.07, 6.45) is 6.08. The summed E-state index contributed by atoms with van der Waals surface area (Å²) < 4.78 is 2.13. The summed E-state index contributed by atoms with van der Waals surface area (Å²) in [7, 11) is 0. The summed E-state index contributed by atoms with van der Waals surface area (Å²) in [6.45, 7) is 12.1. The number of hydrogen-bond acceptors (Lipinski definition) is 2. The molecular weight excluding hydrogens is 276 g/mol. The number of aryl methyl sites for hydroxylation is 1. The van der Waals surface area contributed by atoms with Crippen LogP contribution in [0.3, 0.4) is 0 Å². The van der Waals surface area contributed by atoms with Gasteiger partial charge in [-0.25, -0.2) is 9.78 Å². The van der Waals surface area contributed by atoms with E-state index < -0.39 is 0 Å². The monoisotopic (exact) mass is 306 g/mol. The van der Waals surface area contributed by atoms with Gasteiger partial charge in [-0.2, -0.15) is 0 Å². The molecule has 22 heavy (non-hydrogen) atoms. The fourth-order valence-corrected chi connectivity index (χ4v) is 3.14. The van der Waals surface area contributed by atoms with E-state index in [9.17, 15) is 4.79 Å². The van der Waals surface area contributed by atoms with E-state index in [1.165, 1.54) is 0 Å². The molecule has 5 nitrogen and oxygen atoms in total. The van der Waals surface area contributed by atoms with E-state index in [1.54, 1.807) is 0 Å². The Labute approximate surface area is 134 Å². The van der Waals surface area contributed by atoms with E-state index >= 15 is 0 Å². The lowest BCUT2D eigenvalue weighted by Gasteiger charge is -2.34. The number of nitrogens with zero attached hydrogens (tertiary/aromatic N) is 3. The van der Waals surface area contributed by atoms with Crippen molar-refractivity contribution in [1.82, 2.24) is 19.8 Å². The Bertz CT molecular complexity index is 475. The van der Waals surface area contributed by atoms with Crippen LogP contribution in [0.5, 0.6) is 0 Å². The first-order valence-electron chi connectivity index (χ1n) is 8.48. The minimum atomic E-state index is 0.0939. The van der Waals surface area contributed by atoms with E-state index in [-0.39, 0.29) is 6.03 Å². The van der Waals surface area contributed by atoms with Crippen molar-refractivity contribution in [1.29, 1.82) is 0 Å². The fraction of sp³-hybridized carbons (Fsp3) is 0.765. The maximum absolute atomic E-state index is 12.2. The van der Waals surface area contributed by atoms with Crippen LogP contribution in [0.25, 0.3) is 0 Å². The van der Waals surface area contributed by atoms with Crippen LogP contribution >= 0.6 is 0 Å². The topological polar surface area (TPSA) is 50.2 Å². The van der Waals surface area contributed by atoms with Gasteiger partial charge < -0.3 is 14.8 Å². The Morgan fingerprint density at radius 2 is 2.05 bits per heavy atom. The molecule has 1 aromatic rings. The van der Waals surface area contributed by atoms with Gasteiger partial charge in [0.15, 0.2) is 0 Å². The van der Waals surface area contributed by atoms with Crippen LogP contribution in [0, 0.1) is 24.7 Å². The minimum absolute atomic E-state index is 0.0939. The first-order chi connectivity index (χ1) is 10.5. The lowest BCUT2D eigenvalue weighted by atomic mass is 9.87. The molecule has 2 rings (SSSR count). The van der Waals surface area contributed by atoms with Gasteiger partial charge in [-0.05, 0) is 37.5 Å². The van der Waals surface area contributed by atoms with Crippen LogP contribution in [-0.4, -0.2) is 40.1 Å². The second kappa shape index (κ2) is 7.65. The SMILES string of the molecule is Cc1nccn1C[C@@H](C)CNC(=O)N1CCC(C(C)C)CC1. The van der Waals surface area contributed by atoms with Crippen molar-refractivity contribution in [2.75, 3.05) is 19.6 Å². The molecule has 1 saturated heterocycles. The Hall–Kier alpha value is -1.52. The van der Waals surface area contributed by atoms with Crippen LogP contribution in [0.2, 0.25) is 0 Å². The number of imidazole rings is 1. The van der Waals surface area contributed by atoms with Gasteiger partial charge >= 0.3 is 6.03 Å². The van der Waals surface area contributed by atoms with Crippen LogP contribution < -0.4 is 5.32 Å². The lowest BCUT2D eigenvalue weighted by molar-refractivity contribution is 0.155. The molecule has 0 bridgehead atoms. The smallest absolute Gasteiger partial charge is 0.317 e. The molecule has 1 N–H and O–H groups in total. The van der Waals surface area contributed by atoms with Crippen molar-refractivity contribution in [3.8, 4) is 0 Å².